The third kappa shape index (κ3) is 3.79. The van der Waals surface area contributed by atoms with Crippen molar-refractivity contribution in [3.05, 3.63) is 89.8 Å². The summed E-state index contributed by atoms with van der Waals surface area (Å²) in [6.45, 7) is 10.6. The van der Waals surface area contributed by atoms with E-state index in [1.165, 1.54) is 44.0 Å². The Morgan fingerprint density at radius 1 is 0.897 bits per heavy atom. The molecule has 3 aromatic carbocycles. The van der Waals surface area contributed by atoms with Gasteiger partial charge in [-0.25, -0.2) is 9.98 Å². The minimum atomic E-state index is 0.287. The van der Waals surface area contributed by atoms with E-state index in [0.29, 0.717) is 0 Å². The minimum absolute atomic E-state index is 0.287. The predicted molar refractivity (Wildman–Crippen MR) is 168 cm³/mol. The van der Waals surface area contributed by atoms with Gasteiger partial charge in [-0.05, 0) is 76.1 Å². The Morgan fingerprint density at radius 3 is 2.36 bits per heavy atom. The van der Waals surface area contributed by atoms with Crippen molar-refractivity contribution in [2.75, 3.05) is 0 Å². The second-order valence-corrected chi connectivity index (χ2v) is 11.4. The van der Waals surface area contributed by atoms with E-state index in [1.54, 1.807) is 11.3 Å². The van der Waals surface area contributed by atoms with E-state index in [4.69, 9.17) is 9.98 Å². The number of thiazole rings is 1. The fourth-order valence-electron chi connectivity index (χ4n) is 6.31. The zero-order valence-corrected chi connectivity index (χ0v) is 23.7. The van der Waals surface area contributed by atoms with Crippen LogP contribution < -0.4 is 0 Å². The maximum absolute atomic E-state index is 5.15. The van der Waals surface area contributed by atoms with E-state index in [1.807, 2.05) is 0 Å². The standard InChI is InChI=1S/C34H32N4S/c1-5-37-29-13-9-7-11-25(29)27-19-23(15-17-31(27)37)21(3)35-33-22(4)36-34(39-33)24-16-18-32-28(20-24)26-12-8-10-14-30(26)38(32)6-2/h7-18,20,23H,5-6,19H2,1-4H3/b35-21+. The number of hydrogen-bond acceptors (Lipinski definition) is 3. The van der Waals surface area contributed by atoms with Crippen molar-refractivity contribution in [2.45, 2.75) is 47.2 Å². The number of aliphatic imine (C=N–C) groups is 1. The number of aryl methyl sites for hydroxylation is 3. The molecular formula is C34H32N4S. The van der Waals surface area contributed by atoms with E-state index < -0.39 is 0 Å². The molecule has 5 heteroatoms. The van der Waals surface area contributed by atoms with Crippen LogP contribution in [0.1, 0.15) is 37.7 Å². The Morgan fingerprint density at radius 2 is 1.59 bits per heavy atom. The number of allylic oxidation sites excluding steroid dienone is 1. The van der Waals surface area contributed by atoms with Crippen molar-refractivity contribution >= 4 is 60.8 Å². The largest absolute Gasteiger partial charge is 0.341 e. The quantitative estimate of drug-likeness (QED) is 0.205. The van der Waals surface area contributed by atoms with Gasteiger partial charge in [-0.15, -0.1) is 0 Å². The second kappa shape index (κ2) is 9.35. The summed E-state index contributed by atoms with van der Waals surface area (Å²) in [6, 6.07) is 24.2. The molecule has 0 saturated heterocycles. The number of aromatic nitrogens is 3. The highest BCUT2D eigenvalue weighted by Crippen LogP contribution is 2.39. The average Bonchev–Trinajstić information content (AvgIpc) is 3.61. The highest BCUT2D eigenvalue weighted by atomic mass is 32.1. The molecule has 3 heterocycles. The smallest absolute Gasteiger partial charge is 0.139 e. The van der Waals surface area contributed by atoms with Crippen LogP contribution >= 0.6 is 11.3 Å². The molecule has 39 heavy (non-hydrogen) atoms. The van der Waals surface area contributed by atoms with Gasteiger partial charge in [0.15, 0.2) is 0 Å². The van der Waals surface area contributed by atoms with Crippen molar-refractivity contribution in [3.63, 3.8) is 0 Å². The molecule has 1 unspecified atom stereocenters. The molecule has 0 saturated carbocycles. The lowest BCUT2D eigenvalue weighted by Gasteiger charge is -2.18. The van der Waals surface area contributed by atoms with E-state index in [-0.39, 0.29) is 5.92 Å². The van der Waals surface area contributed by atoms with Crippen molar-refractivity contribution in [1.82, 2.24) is 14.1 Å². The second-order valence-electron chi connectivity index (χ2n) is 10.5. The Balaban J connectivity index is 1.23. The first-order valence-corrected chi connectivity index (χ1v) is 14.7. The molecule has 194 valence electrons. The predicted octanol–water partition coefficient (Wildman–Crippen LogP) is 9.20. The number of hydrogen-bond donors (Lipinski definition) is 0. The number of fused-ring (bicyclic) bond motifs is 6. The molecule has 7 rings (SSSR count). The molecule has 0 spiro atoms. The van der Waals surface area contributed by atoms with Gasteiger partial charge in [0.05, 0.1) is 5.69 Å². The first-order chi connectivity index (χ1) is 19.1. The molecule has 0 bridgehead atoms. The van der Waals surface area contributed by atoms with Crippen LogP contribution in [0.2, 0.25) is 0 Å². The van der Waals surface area contributed by atoms with Crippen molar-refractivity contribution in [2.24, 2.45) is 10.9 Å². The highest BCUT2D eigenvalue weighted by molar-refractivity contribution is 7.18. The fourth-order valence-corrected chi connectivity index (χ4v) is 7.30. The van der Waals surface area contributed by atoms with E-state index in [9.17, 15) is 0 Å². The van der Waals surface area contributed by atoms with E-state index in [0.717, 1.165) is 46.5 Å². The summed E-state index contributed by atoms with van der Waals surface area (Å²) in [4.78, 5) is 10.1. The zero-order valence-electron chi connectivity index (χ0n) is 22.9. The summed E-state index contributed by atoms with van der Waals surface area (Å²) in [6.07, 6.45) is 5.62. The summed E-state index contributed by atoms with van der Waals surface area (Å²) >= 11 is 1.69. The van der Waals surface area contributed by atoms with Crippen LogP contribution in [0.25, 0.3) is 49.4 Å². The molecule has 0 radical (unpaired) electrons. The van der Waals surface area contributed by atoms with Crippen LogP contribution in [0.3, 0.4) is 0 Å². The fraction of sp³-hybridized carbons (Fsp3) is 0.235. The normalized spacial score (nSPS) is 15.6. The summed E-state index contributed by atoms with van der Waals surface area (Å²) < 4.78 is 4.82. The SMILES string of the molecule is CCn1c2c(c3ccccc31)CC(/C(C)=N/c1sc(-c3ccc4c(c3)c3ccccc3n4CC)nc1C)C=C2. The summed E-state index contributed by atoms with van der Waals surface area (Å²) in [7, 11) is 0. The number of nitrogens with zero attached hydrogens (tertiary/aromatic N) is 4. The third-order valence-electron chi connectivity index (χ3n) is 8.27. The summed E-state index contributed by atoms with van der Waals surface area (Å²) in [5.74, 6) is 0.287. The summed E-state index contributed by atoms with van der Waals surface area (Å²) in [5.41, 5.74) is 9.97. The molecule has 1 atom stereocenters. The van der Waals surface area contributed by atoms with Gasteiger partial charge in [-0.1, -0.05) is 53.8 Å². The Bertz CT molecular complexity index is 1940. The van der Waals surface area contributed by atoms with Gasteiger partial charge >= 0.3 is 0 Å². The lowest BCUT2D eigenvalue weighted by Crippen LogP contribution is -2.15. The molecule has 0 fully saturated rings. The molecule has 1 aliphatic rings. The molecule has 4 nitrogen and oxygen atoms in total. The van der Waals surface area contributed by atoms with E-state index in [2.05, 4.69) is 116 Å². The molecular weight excluding hydrogens is 496 g/mol. The van der Waals surface area contributed by atoms with Gasteiger partial charge < -0.3 is 9.13 Å². The van der Waals surface area contributed by atoms with Crippen LogP contribution in [0.15, 0.2) is 77.8 Å². The Labute approximate surface area is 233 Å². The van der Waals surface area contributed by atoms with Crippen molar-refractivity contribution in [3.8, 4) is 10.6 Å². The van der Waals surface area contributed by atoms with Crippen LogP contribution in [0.4, 0.5) is 5.00 Å². The molecule has 0 amide bonds. The Hall–Kier alpha value is -3.96. The molecule has 3 aromatic heterocycles. The van der Waals surface area contributed by atoms with Gasteiger partial charge in [0.1, 0.15) is 10.0 Å². The van der Waals surface area contributed by atoms with E-state index >= 15 is 0 Å². The van der Waals surface area contributed by atoms with Gasteiger partial charge in [0.25, 0.3) is 0 Å². The van der Waals surface area contributed by atoms with Gasteiger partial charge in [-0.3, -0.25) is 0 Å². The number of para-hydroxylation sites is 2. The van der Waals surface area contributed by atoms with Crippen LogP contribution in [-0.2, 0) is 19.5 Å². The van der Waals surface area contributed by atoms with Gasteiger partial charge in [0.2, 0.25) is 0 Å². The summed E-state index contributed by atoms with van der Waals surface area (Å²) in [5, 5.41) is 5.99. The maximum atomic E-state index is 5.15. The maximum Gasteiger partial charge on any atom is 0.139 e. The third-order valence-corrected chi connectivity index (χ3v) is 9.37. The van der Waals surface area contributed by atoms with Gasteiger partial charge in [0, 0.05) is 68.7 Å². The van der Waals surface area contributed by atoms with Crippen LogP contribution in [-0.4, -0.2) is 19.8 Å². The number of rotatable bonds is 5. The average molecular weight is 529 g/mol. The first-order valence-electron chi connectivity index (χ1n) is 13.9. The minimum Gasteiger partial charge on any atom is -0.341 e. The van der Waals surface area contributed by atoms with Crippen LogP contribution in [0.5, 0.6) is 0 Å². The molecule has 0 aliphatic heterocycles. The molecule has 1 aliphatic carbocycles. The first kappa shape index (κ1) is 24.1. The lowest BCUT2D eigenvalue weighted by molar-refractivity contribution is 0.762. The zero-order chi connectivity index (χ0) is 26.7. The monoisotopic (exact) mass is 528 g/mol. The van der Waals surface area contributed by atoms with Gasteiger partial charge in [-0.2, -0.15) is 0 Å². The molecule has 0 N–H and O–H groups in total. The Kier molecular flexibility index (Phi) is 5.78. The van der Waals surface area contributed by atoms with Crippen molar-refractivity contribution in [1.29, 1.82) is 0 Å². The van der Waals surface area contributed by atoms with Crippen molar-refractivity contribution < 1.29 is 0 Å². The lowest BCUT2D eigenvalue weighted by atomic mass is 9.89. The topological polar surface area (TPSA) is 35.1 Å². The molecule has 6 aromatic rings. The number of benzene rings is 3. The highest BCUT2D eigenvalue weighted by Gasteiger charge is 2.23. The van der Waals surface area contributed by atoms with Crippen LogP contribution in [0, 0.1) is 12.8 Å².